The van der Waals surface area contributed by atoms with Gasteiger partial charge in [0, 0.05) is 9.61 Å². The number of rotatable bonds is 4. The van der Waals surface area contributed by atoms with Crippen molar-refractivity contribution < 1.29 is 14.3 Å². The molecule has 1 N–H and O–H groups in total. The van der Waals surface area contributed by atoms with Gasteiger partial charge in [-0.3, -0.25) is 4.79 Å². The molecular formula is C17H24INO3. The molecule has 1 aliphatic rings. The molecule has 4 nitrogen and oxygen atoms in total. The van der Waals surface area contributed by atoms with Crippen LogP contribution < -0.4 is 14.8 Å². The fraction of sp³-hybridized carbons (Fsp3) is 0.588. The first-order valence-electron chi connectivity index (χ1n) is 7.88. The normalized spacial score (nSPS) is 16.5. The molecule has 22 heavy (non-hydrogen) atoms. The van der Waals surface area contributed by atoms with E-state index in [1.165, 1.54) is 32.1 Å². The van der Waals surface area contributed by atoms with Gasteiger partial charge in [-0.1, -0.05) is 32.1 Å². The SMILES string of the molecule is COc1cc(I)c(C(=O)NC2CCCCCCC2)cc1OC. The Balaban J connectivity index is 2.11. The van der Waals surface area contributed by atoms with Gasteiger partial charge < -0.3 is 14.8 Å². The van der Waals surface area contributed by atoms with Gasteiger partial charge in [-0.05, 0) is 47.6 Å². The lowest BCUT2D eigenvalue weighted by Crippen LogP contribution is -2.35. The first kappa shape index (κ1) is 17.4. The van der Waals surface area contributed by atoms with Crippen LogP contribution in [0.4, 0.5) is 0 Å². The number of hydrogen-bond donors (Lipinski definition) is 1. The molecule has 0 spiro atoms. The van der Waals surface area contributed by atoms with Gasteiger partial charge in [0.1, 0.15) is 0 Å². The van der Waals surface area contributed by atoms with Gasteiger partial charge in [-0.25, -0.2) is 0 Å². The second-order valence-electron chi connectivity index (χ2n) is 5.70. The van der Waals surface area contributed by atoms with E-state index in [2.05, 4.69) is 27.9 Å². The van der Waals surface area contributed by atoms with Gasteiger partial charge in [0.2, 0.25) is 0 Å². The molecule has 0 aromatic heterocycles. The number of halogens is 1. The van der Waals surface area contributed by atoms with Crippen LogP contribution in [0, 0.1) is 3.57 Å². The average molecular weight is 417 g/mol. The number of nitrogens with one attached hydrogen (secondary N) is 1. The third-order valence-electron chi connectivity index (χ3n) is 4.16. The maximum absolute atomic E-state index is 12.6. The second kappa shape index (κ2) is 8.60. The third kappa shape index (κ3) is 4.51. The summed E-state index contributed by atoms with van der Waals surface area (Å²) in [5.41, 5.74) is 0.653. The summed E-state index contributed by atoms with van der Waals surface area (Å²) < 4.78 is 11.4. The number of hydrogen-bond acceptors (Lipinski definition) is 3. The Kier molecular flexibility index (Phi) is 6.79. The minimum absolute atomic E-state index is 0.0177. The summed E-state index contributed by atoms with van der Waals surface area (Å²) in [7, 11) is 3.18. The summed E-state index contributed by atoms with van der Waals surface area (Å²) in [5, 5.41) is 3.19. The summed E-state index contributed by atoms with van der Waals surface area (Å²) in [6.45, 7) is 0. The number of ether oxygens (including phenoxy) is 2. The Morgan fingerprint density at radius 2 is 1.59 bits per heavy atom. The molecule has 5 heteroatoms. The smallest absolute Gasteiger partial charge is 0.252 e. The van der Waals surface area contributed by atoms with Crippen LogP contribution in [0.2, 0.25) is 0 Å². The van der Waals surface area contributed by atoms with Crippen molar-refractivity contribution >= 4 is 28.5 Å². The zero-order chi connectivity index (χ0) is 15.9. The number of amides is 1. The summed E-state index contributed by atoms with van der Waals surface area (Å²) >= 11 is 2.17. The summed E-state index contributed by atoms with van der Waals surface area (Å²) in [6, 6.07) is 3.89. The Morgan fingerprint density at radius 1 is 1.05 bits per heavy atom. The molecule has 1 aromatic carbocycles. The van der Waals surface area contributed by atoms with Crippen LogP contribution in [-0.4, -0.2) is 26.2 Å². The number of carbonyl (C=O) groups excluding carboxylic acids is 1. The fourth-order valence-electron chi connectivity index (χ4n) is 2.89. The topological polar surface area (TPSA) is 47.6 Å². The lowest BCUT2D eigenvalue weighted by Gasteiger charge is -2.21. The predicted molar refractivity (Wildman–Crippen MR) is 95.8 cm³/mol. The van der Waals surface area contributed by atoms with Gasteiger partial charge in [-0.2, -0.15) is 0 Å². The van der Waals surface area contributed by atoms with Crippen molar-refractivity contribution in [3.63, 3.8) is 0 Å². The molecule has 0 atom stereocenters. The average Bonchev–Trinajstić information content (AvgIpc) is 2.49. The molecule has 0 radical (unpaired) electrons. The van der Waals surface area contributed by atoms with E-state index in [0.717, 1.165) is 16.4 Å². The van der Waals surface area contributed by atoms with E-state index < -0.39 is 0 Å². The molecule has 1 aromatic rings. The van der Waals surface area contributed by atoms with Crippen molar-refractivity contribution in [3.8, 4) is 11.5 Å². The molecular weight excluding hydrogens is 393 g/mol. The van der Waals surface area contributed by atoms with E-state index in [9.17, 15) is 4.79 Å². The monoisotopic (exact) mass is 417 g/mol. The predicted octanol–water partition coefficient (Wildman–Crippen LogP) is 4.15. The lowest BCUT2D eigenvalue weighted by atomic mass is 9.96. The van der Waals surface area contributed by atoms with E-state index in [4.69, 9.17) is 9.47 Å². The highest BCUT2D eigenvalue weighted by Crippen LogP contribution is 2.31. The third-order valence-corrected chi connectivity index (χ3v) is 5.05. The maximum Gasteiger partial charge on any atom is 0.252 e. The van der Waals surface area contributed by atoms with Crippen molar-refractivity contribution in [2.75, 3.05) is 14.2 Å². The molecule has 0 heterocycles. The van der Waals surface area contributed by atoms with Crippen LogP contribution >= 0.6 is 22.6 Å². The van der Waals surface area contributed by atoms with E-state index in [0.29, 0.717) is 17.1 Å². The molecule has 1 fully saturated rings. The summed E-state index contributed by atoms with van der Waals surface area (Å²) in [6.07, 6.45) is 8.45. The van der Waals surface area contributed by atoms with Crippen LogP contribution in [0.5, 0.6) is 11.5 Å². The van der Waals surface area contributed by atoms with Crippen LogP contribution in [0.15, 0.2) is 12.1 Å². The quantitative estimate of drug-likeness (QED) is 0.749. The van der Waals surface area contributed by atoms with Crippen LogP contribution in [-0.2, 0) is 0 Å². The van der Waals surface area contributed by atoms with Gasteiger partial charge in [0.05, 0.1) is 19.8 Å². The lowest BCUT2D eigenvalue weighted by molar-refractivity contribution is 0.0929. The largest absolute Gasteiger partial charge is 0.493 e. The van der Waals surface area contributed by atoms with Crippen molar-refractivity contribution in [2.24, 2.45) is 0 Å². The molecule has 0 aliphatic heterocycles. The van der Waals surface area contributed by atoms with Crippen molar-refractivity contribution in [2.45, 2.75) is 51.0 Å². The van der Waals surface area contributed by atoms with Crippen LogP contribution in [0.25, 0.3) is 0 Å². The van der Waals surface area contributed by atoms with Crippen molar-refractivity contribution in [3.05, 3.63) is 21.3 Å². The van der Waals surface area contributed by atoms with Gasteiger partial charge in [-0.15, -0.1) is 0 Å². The molecule has 1 amide bonds. The van der Waals surface area contributed by atoms with E-state index in [-0.39, 0.29) is 11.9 Å². The minimum Gasteiger partial charge on any atom is -0.493 e. The first-order chi connectivity index (χ1) is 10.7. The number of benzene rings is 1. The molecule has 1 aliphatic carbocycles. The number of carbonyl (C=O) groups is 1. The first-order valence-corrected chi connectivity index (χ1v) is 8.96. The Morgan fingerprint density at radius 3 is 2.18 bits per heavy atom. The highest BCUT2D eigenvalue weighted by molar-refractivity contribution is 14.1. The van der Waals surface area contributed by atoms with Gasteiger partial charge in [0.25, 0.3) is 5.91 Å². The van der Waals surface area contributed by atoms with Crippen molar-refractivity contribution in [1.29, 1.82) is 0 Å². The van der Waals surface area contributed by atoms with E-state index >= 15 is 0 Å². The van der Waals surface area contributed by atoms with Gasteiger partial charge >= 0.3 is 0 Å². The van der Waals surface area contributed by atoms with Crippen LogP contribution in [0.3, 0.4) is 0 Å². The van der Waals surface area contributed by atoms with E-state index in [1.807, 2.05) is 6.07 Å². The zero-order valence-corrected chi connectivity index (χ0v) is 15.4. The van der Waals surface area contributed by atoms with Gasteiger partial charge in [0.15, 0.2) is 11.5 Å². The molecule has 0 unspecified atom stereocenters. The number of methoxy groups -OCH3 is 2. The fourth-order valence-corrected chi connectivity index (χ4v) is 3.58. The summed E-state index contributed by atoms with van der Waals surface area (Å²) in [4.78, 5) is 12.6. The molecule has 0 bridgehead atoms. The van der Waals surface area contributed by atoms with E-state index in [1.54, 1.807) is 20.3 Å². The highest BCUT2D eigenvalue weighted by atomic mass is 127. The Hall–Kier alpha value is -0.980. The molecule has 1 saturated carbocycles. The Labute approximate surface area is 146 Å². The molecule has 2 rings (SSSR count). The summed E-state index contributed by atoms with van der Waals surface area (Å²) in [5.74, 6) is 1.22. The second-order valence-corrected chi connectivity index (χ2v) is 6.86. The Bertz CT molecular complexity index is 511. The van der Waals surface area contributed by atoms with Crippen LogP contribution in [0.1, 0.15) is 55.3 Å². The standard InChI is InChI=1S/C17H24INO3/c1-21-15-10-13(14(18)11-16(15)22-2)17(20)19-12-8-6-4-3-5-7-9-12/h10-12H,3-9H2,1-2H3,(H,19,20). The van der Waals surface area contributed by atoms with Crippen molar-refractivity contribution in [1.82, 2.24) is 5.32 Å². The minimum atomic E-state index is -0.0177. The molecule has 122 valence electrons. The zero-order valence-electron chi connectivity index (χ0n) is 13.3. The molecule has 0 saturated heterocycles. The highest BCUT2D eigenvalue weighted by Gasteiger charge is 2.19. The maximum atomic E-state index is 12.6.